The molecule has 5 nitrogen and oxygen atoms in total. The number of likely N-dealkylation sites (tertiary alicyclic amines) is 1. The molecule has 2 rings (SSSR count). The van der Waals surface area contributed by atoms with Gasteiger partial charge in [-0.15, -0.1) is 24.0 Å². The monoisotopic (exact) mass is 475 g/mol. The molecule has 6 heteroatoms. The Labute approximate surface area is 175 Å². The van der Waals surface area contributed by atoms with Gasteiger partial charge in [-0.25, -0.2) is 0 Å². The predicted octanol–water partition coefficient (Wildman–Crippen LogP) is 3.36. The smallest absolute Gasteiger partial charge is 0.193 e. The van der Waals surface area contributed by atoms with Gasteiger partial charge in [-0.3, -0.25) is 4.99 Å². The summed E-state index contributed by atoms with van der Waals surface area (Å²) >= 11 is 0. The summed E-state index contributed by atoms with van der Waals surface area (Å²) in [7, 11) is 3.56. The van der Waals surface area contributed by atoms with Gasteiger partial charge in [0.15, 0.2) is 5.96 Å². The van der Waals surface area contributed by atoms with Gasteiger partial charge in [0.25, 0.3) is 0 Å². The van der Waals surface area contributed by atoms with Crippen molar-refractivity contribution in [3.63, 3.8) is 0 Å². The van der Waals surface area contributed by atoms with E-state index < -0.39 is 0 Å². The van der Waals surface area contributed by atoms with Crippen LogP contribution in [0.25, 0.3) is 0 Å². The van der Waals surface area contributed by atoms with Gasteiger partial charge in [0.05, 0.1) is 13.2 Å². The molecule has 2 atom stereocenters. The van der Waals surface area contributed by atoms with E-state index in [1.165, 1.54) is 12.0 Å². The molecule has 0 saturated carbocycles. The van der Waals surface area contributed by atoms with E-state index in [2.05, 4.69) is 52.5 Å². The molecule has 1 heterocycles. The van der Waals surface area contributed by atoms with E-state index in [9.17, 15) is 0 Å². The number of benzene rings is 1. The lowest BCUT2D eigenvalue weighted by Gasteiger charge is -2.39. The van der Waals surface area contributed by atoms with Crippen molar-refractivity contribution in [2.75, 3.05) is 53.6 Å². The third-order valence-corrected chi connectivity index (χ3v) is 4.82. The average molecular weight is 475 g/mol. The van der Waals surface area contributed by atoms with Crippen LogP contribution >= 0.6 is 24.0 Å². The van der Waals surface area contributed by atoms with E-state index in [1.54, 1.807) is 7.11 Å². The fourth-order valence-electron chi connectivity index (χ4n) is 3.48. The topological polar surface area (TPSA) is 46.1 Å². The second-order valence-corrected chi connectivity index (χ2v) is 6.66. The van der Waals surface area contributed by atoms with Gasteiger partial charge >= 0.3 is 0 Å². The Bertz CT molecular complexity index is 513. The number of aliphatic imine (C=N–C) groups is 1. The van der Waals surface area contributed by atoms with Crippen LogP contribution in [0.4, 0.5) is 0 Å². The van der Waals surface area contributed by atoms with Crippen molar-refractivity contribution in [3.05, 3.63) is 35.9 Å². The summed E-state index contributed by atoms with van der Waals surface area (Å²) in [5.74, 6) is 2.27. The first-order valence-electron chi connectivity index (χ1n) is 9.33. The number of nitrogens with one attached hydrogen (secondary N) is 1. The van der Waals surface area contributed by atoms with Crippen molar-refractivity contribution < 1.29 is 9.47 Å². The number of rotatable bonds is 8. The lowest BCUT2D eigenvalue weighted by atomic mass is 9.82. The van der Waals surface area contributed by atoms with Crippen LogP contribution in [0.3, 0.4) is 0 Å². The normalized spacial score (nSPS) is 20.6. The number of guanidine groups is 1. The van der Waals surface area contributed by atoms with E-state index >= 15 is 0 Å². The van der Waals surface area contributed by atoms with Crippen LogP contribution in [0, 0.1) is 5.92 Å². The maximum absolute atomic E-state index is 5.50. The molecule has 0 spiro atoms. The van der Waals surface area contributed by atoms with Crippen molar-refractivity contribution >= 4 is 29.9 Å². The molecule has 0 radical (unpaired) electrons. The minimum Gasteiger partial charge on any atom is -0.382 e. The summed E-state index contributed by atoms with van der Waals surface area (Å²) in [5, 5.41) is 3.47. The Morgan fingerprint density at radius 1 is 1.23 bits per heavy atom. The van der Waals surface area contributed by atoms with Gasteiger partial charge < -0.3 is 19.7 Å². The van der Waals surface area contributed by atoms with Gasteiger partial charge in [-0.1, -0.05) is 37.3 Å². The molecule has 26 heavy (non-hydrogen) atoms. The number of methoxy groups -OCH3 is 1. The van der Waals surface area contributed by atoms with E-state index in [0.29, 0.717) is 25.0 Å². The average Bonchev–Trinajstić information content (AvgIpc) is 2.65. The summed E-state index contributed by atoms with van der Waals surface area (Å²) in [4.78, 5) is 6.85. The Morgan fingerprint density at radius 3 is 2.65 bits per heavy atom. The highest BCUT2D eigenvalue weighted by Crippen LogP contribution is 2.32. The largest absolute Gasteiger partial charge is 0.382 e. The van der Waals surface area contributed by atoms with Crippen LogP contribution in [0.1, 0.15) is 31.2 Å². The molecule has 0 bridgehead atoms. The Balaban J connectivity index is 0.00000338. The zero-order chi connectivity index (χ0) is 17.9. The van der Waals surface area contributed by atoms with Gasteiger partial charge in [0.1, 0.15) is 0 Å². The molecule has 2 unspecified atom stereocenters. The molecular formula is C20H34IN3O2. The molecule has 0 amide bonds. The summed E-state index contributed by atoms with van der Waals surface area (Å²) in [6.07, 6.45) is 2.14. The van der Waals surface area contributed by atoms with Crippen LogP contribution in [0.15, 0.2) is 35.3 Å². The molecule has 0 aromatic heterocycles. The Hall–Kier alpha value is -0.860. The van der Waals surface area contributed by atoms with Gasteiger partial charge in [0, 0.05) is 40.4 Å². The molecule has 0 aliphatic carbocycles. The van der Waals surface area contributed by atoms with Crippen LogP contribution in [-0.2, 0) is 9.47 Å². The first-order valence-corrected chi connectivity index (χ1v) is 9.33. The highest BCUT2D eigenvalue weighted by Gasteiger charge is 2.28. The maximum Gasteiger partial charge on any atom is 0.193 e. The SMILES string of the molecule is CN=C(NCCCOCCOC)N1CCC(c2ccccc2)C(C)C1.I. The number of nitrogens with zero attached hydrogens (tertiary/aromatic N) is 2. The predicted molar refractivity (Wildman–Crippen MR) is 119 cm³/mol. The quantitative estimate of drug-likeness (QED) is 0.271. The van der Waals surface area contributed by atoms with E-state index in [-0.39, 0.29) is 24.0 Å². The molecule has 1 aliphatic heterocycles. The van der Waals surface area contributed by atoms with Crippen LogP contribution < -0.4 is 5.32 Å². The van der Waals surface area contributed by atoms with E-state index in [4.69, 9.17) is 9.47 Å². The number of hydrogen-bond acceptors (Lipinski definition) is 3. The molecule has 1 aliphatic rings. The minimum atomic E-state index is 0. The second-order valence-electron chi connectivity index (χ2n) is 6.66. The van der Waals surface area contributed by atoms with E-state index in [1.807, 2.05) is 7.05 Å². The van der Waals surface area contributed by atoms with E-state index in [0.717, 1.165) is 38.6 Å². The van der Waals surface area contributed by atoms with Crippen LogP contribution in [-0.4, -0.2) is 64.5 Å². The van der Waals surface area contributed by atoms with Crippen molar-refractivity contribution in [1.29, 1.82) is 0 Å². The molecular weight excluding hydrogens is 441 g/mol. The maximum atomic E-state index is 5.50. The third-order valence-electron chi connectivity index (χ3n) is 4.82. The number of piperidine rings is 1. The zero-order valence-corrected chi connectivity index (χ0v) is 18.6. The fraction of sp³-hybridized carbons (Fsp3) is 0.650. The fourth-order valence-corrected chi connectivity index (χ4v) is 3.48. The van der Waals surface area contributed by atoms with Gasteiger partial charge in [-0.05, 0) is 30.2 Å². The van der Waals surface area contributed by atoms with Gasteiger partial charge in [-0.2, -0.15) is 0 Å². The number of hydrogen-bond donors (Lipinski definition) is 1. The van der Waals surface area contributed by atoms with Crippen molar-refractivity contribution in [3.8, 4) is 0 Å². The first-order chi connectivity index (χ1) is 12.3. The first kappa shape index (κ1) is 23.2. The second kappa shape index (κ2) is 13.3. The molecule has 1 saturated heterocycles. The molecule has 1 fully saturated rings. The van der Waals surface area contributed by atoms with Crippen molar-refractivity contribution in [2.24, 2.45) is 10.9 Å². The Kier molecular flexibility index (Phi) is 11.9. The summed E-state index contributed by atoms with van der Waals surface area (Å²) < 4.78 is 10.5. The molecule has 1 aromatic rings. The lowest BCUT2D eigenvalue weighted by molar-refractivity contribution is 0.0698. The lowest BCUT2D eigenvalue weighted by Crippen LogP contribution is -2.48. The minimum absolute atomic E-state index is 0. The summed E-state index contributed by atoms with van der Waals surface area (Å²) in [6, 6.07) is 10.9. The molecule has 1 aromatic carbocycles. The van der Waals surface area contributed by atoms with Crippen LogP contribution in [0.5, 0.6) is 0 Å². The zero-order valence-electron chi connectivity index (χ0n) is 16.3. The van der Waals surface area contributed by atoms with Crippen molar-refractivity contribution in [2.45, 2.75) is 25.7 Å². The van der Waals surface area contributed by atoms with Crippen molar-refractivity contribution in [1.82, 2.24) is 10.2 Å². The highest BCUT2D eigenvalue weighted by molar-refractivity contribution is 14.0. The summed E-state index contributed by atoms with van der Waals surface area (Å²) in [5.41, 5.74) is 1.46. The summed E-state index contributed by atoms with van der Waals surface area (Å²) in [6.45, 7) is 7.39. The number of ether oxygens (including phenoxy) is 2. The molecule has 1 N–H and O–H groups in total. The third kappa shape index (κ3) is 7.40. The Morgan fingerprint density at radius 2 is 2.00 bits per heavy atom. The number of halogens is 1. The molecule has 148 valence electrons. The van der Waals surface area contributed by atoms with Crippen LogP contribution in [0.2, 0.25) is 0 Å². The highest BCUT2D eigenvalue weighted by atomic mass is 127. The van der Waals surface area contributed by atoms with Gasteiger partial charge in [0.2, 0.25) is 0 Å². The standard InChI is InChI=1S/C20H33N3O2.HI/c1-17-16-23(12-10-19(17)18-8-5-4-6-9-18)20(21-2)22-11-7-13-25-15-14-24-3;/h4-6,8-9,17,19H,7,10-16H2,1-3H3,(H,21,22);1H.